The zero-order valence-electron chi connectivity index (χ0n) is 18.6. The van der Waals surface area contributed by atoms with Gasteiger partial charge in [-0.25, -0.2) is 4.79 Å². The lowest BCUT2D eigenvalue weighted by Crippen LogP contribution is -2.35. The molecule has 0 fully saturated rings. The van der Waals surface area contributed by atoms with Crippen LogP contribution in [0.2, 0.25) is 0 Å². The highest BCUT2D eigenvalue weighted by atomic mass is 16.6. The summed E-state index contributed by atoms with van der Waals surface area (Å²) in [6, 6.07) is 14.8. The van der Waals surface area contributed by atoms with Crippen LogP contribution in [0, 0.1) is 0 Å². The van der Waals surface area contributed by atoms with E-state index in [1.807, 2.05) is 55.4 Å². The maximum Gasteiger partial charge on any atom is 0.412 e. The topological polar surface area (TPSA) is 83.8 Å². The Hall–Kier alpha value is -3.32. The summed E-state index contributed by atoms with van der Waals surface area (Å²) in [6.07, 6.45) is 0.999. The number of carbonyl (C=O) groups excluding carboxylic acids is 2. The van der Waals surface area contributed by atoms with Gasteiger partial charge in [-0.2, -0.15) is 0 Å². The second-order valence-corrected chi connectivity index (χ2v) is 8.58. The third-order valence-electron chi connectivity index (χ3n) is 4.72. The molecule has 1 atom stereocenters. The van der Waals surface area contributed by atoms with Gasteiger partial charge in [0, 0.05) is 6.54 Å². The van der Waals surface area contributed by atoms with Gasteiger partial charge in [0.1, 0.15) is 11.4 Å². The Balaban J connectivity index is 1.86. The first-order chi connectivity index (χ1) is 14.6. The number of carbonyl (C=O) groups is 2. The fourth-order valence-electron chi connectivity index (χ4n) is 3.25. The first kappa shape index (κ1) is 22.4. The lowest BCUT2D eigenvalue weighted by atomic mass is 10.0. The van der Waals surface area contributed by atoms with Crippen molar-refractivity contribution < 1.29 is 18.7 Å². The van der Waals surface area contributed by atoms with Crippen LogP contribution in [-0.2, 0) is 4.74 Å². The first-order valence-corrected chi connectivity index (χ1v) is 10.1. The van der Waals surface area contributed by atoms with E-state index in [1.54, 1.807) is 39.2 Å². The maximum atomic E-state index is 13.1. The quantitative estimate of drug-likeness (QED) is 0.594. The van der Waals surface area contributed by atoms with Crippen LogP contribution in [0.5, 0.6) is 0 Å². The minimum absolute atomic E-state index is 0.123. The first-order valence-electron chi connectivity index (χ1n) is 10.1. The Morgan fingerprint density at radius 3 is 2.32 bits per heavy atom. The molecule has 0 aliphatic rings. The second kappa shape index (κ2) is 9.22. The van der Waals surface area contributed by atoms with Gasteiger partial charge >= 0.3 is 6.09 Å². The lowest BCUT2D eigenvalue weighted by molar-refractivity contribution is 0.0636. The highest BCUT2D eigenvalue weighted by Crippen LogP contribution is 2.25. The van der Waals surface area contributed by atoms with Crippen molar-refractivity contribution in [2.24, 2.45) is 0 Å². The molecular weight excluding hydrogens is 394 g/mol. The molecule has 3 rings (SSSR count). The molecule has 1 heterocycles. The molecular formula is C24H29N3O4. The van der Waals surface area contributed by atoms with Gasteiger partial charge in [-0.3, -0.25) is 15.0 Å². The number of hydrogen-bond acceptors (Lipinski definition) is 5. The number of nitrogens with zero attached hydrogens (tertiary/aromatic N) is 1. The third kappa shape index (κ3) is 5.86. The molecule has 0 radical (unpaired) electrons. The third-order valence-corrected chi connectivity index (χ3v) is 4.72. The predicted molar refractivity (Wildman–Crippen MR) is 121 cm³/mol. The number of nitrogens with one attached hydrogen (secondary N) is 2. The van der Waals surface area contributed by atoms with E-state index in [-0.39, 0.29) is 11.9 Å². The summed E-state index contributed by atoms with van der Waals surface area (Å²) in [5, 5.41) is 7.50. The molecule has 7 heteroatoms. The molecule has 0 aliphatic heterocycles. The minimum atomic E-state index is -0.647. The molecule has 2 amide bonds. The van der Waals surface area contributed by atoms with E-state index in [0.29, 0.717) is 17.8 Å². The highest BCUT2D eigenvalue weighted by Gasteiger charge is 2.22. The van der Waals surface area contributed by atoms with E-state index < -0.39 is 11.7 Å². The Morgan fingerprint density at radius 1 is 1.06 bits per heavy atom. The molecule has 2 N–H and O–H groups in total. The molecule has 164 valence electrons. The number of benzene rings is 2. The number of fused-ring (bicyclic) bond motifs is 1. The van der Waals surface area contributed by atoms with E-state index in [4.69, 9.17) is 9.15 Å². The van der Waals surface area contributed by atoms with Gasteiger partial charge in [-0.15, -0.1) is 0 Å². The summed E-state index contributed by atoms with van der Waals surface area (Å²) in [4.78, 5) is 27.5. The number of amides is 2. The standard InChI is InChI=1S/C24H29N3O4/c1-24(2,3)31-23(29)26-19-14-17-10-7-6-9-16(17)13-18(19)22(28)25-15-20(27(4)5)21-11-8-12-30-21/h6-14,20H,15H2,1-5H3,(H,25,28)(H,26,29). The van der Waals surface area contributed by atoms with E-state index >= 15 is 0 Å². The molecule has 0 saturated carbocycles. The van der Waals surface area contributed by atoms with Gasteiger partial charge in [0.2, 0.25) is 0 Å². The normalized spacial score (nSPS) is 12.6. The molecule has 0 saturated heterocycles. The van der Waals surface area contributed by atoms with Crippen molar-refractivity contribution in [2.45, 2.75) is 32.4 Å². The predicted octanol–water partition coefficient (Wildman–Crippen LogP) is 4.81. The molecule has 2 aromatic carbocycles. The monoisotopic (exact) mass is 423 g/mol. The van der Waals surface area contributed by atoms with E-state index in [1.165, 1.54) is 0 Å². The fraction of sp³-hybridized carbons (Fsp3) is 0.333. The summed E-state index contributed by atoms with van der Waals surface area (Å²) >= 11 is 0. The summed E-state index contributed by atoms with van der Waals surface area (Å²) in [5.41, 5.74) is 0.108. The smallest absolute Gasteiger partial charge is 0.412 e. The van der Waals surface area contributed by atoms with Crippen LogP contribution in [0.1, 0.15) is 42.9 Å². The molecule has 3 aromatic rings. The molecule has 7 nitrogen and oxygen atoms in total. The van der Waals surface area contributed by atoms with Gasteiger partial charge in [0.15, 0.2) is 0 Å². The van der Waals surface area contributed by atoms with E-state index in [9.17, 15) is 9.59 Å². The number of rotatable bonds is 6. The average Bonchev–Trinajstić information content (AvgIpc) is 3.20. The van der Waals surface area contributed by atoms with Crippen molar-refractivity contribution in [2.75, 3.05) is 26.0 Å². The molecule has 0 aliphatic carbocycles. The van der Waals surface area contributed by atoms with Crippen molar-refractivity contribution in [3.05, 3.63) is 66.1 Å². The summed E-state index contributed by atoms with van der Waals surface area (Å²) in [6.45, 7) is 5.71. The molecule has 1 aromatic heterocycles. The fourth-order valence-corrected chi connectivity index (χ4v) is 3.25. The number of ether oxygens (including phenoxy) is 1. The maximum absolute atomic E-state index is 13.1. The minimum Gasteiger partial charge on any atom is -0.468 e. The Morgan fingerprint density at radius 2 is 1.74 bits per heavy atom. The average molecular weight is 424 g/mol. The van der Waals surface area contributed by atoms with Gasteiger partial charge in [-0.1, -0.05) is 24.3 Å². The SMILES string of the molecule is CN(C)C(CNC(=O)c1cc2ccccc2cc1NC(=O)OC(C)(C)C)c1ccco1. The van der Waals surface area contributed by atoms with Crippen molar-refractivity contribution in [1.29, 1.82) is 0 Å². The van der Waals surface area contributed by atoms with Crippen molar-refractivity contribution in [3.8, 4) is 0 Å². The molecule has 1 unspecified atom stereocenters. The van der Waals surface area contributed by atoms with Crippen LogP contribution in [0.25, 0.3) is 10.8 Å². The number of likely N-dealkylation sites (N-methyl/N-ethyl adjacent to an activating group) is 1. The Bertz CT molecular complexity index is 1050. The largest absolute Gasteiger partial charge is 0.468 e. The van der Waals surface area contributed by atoms with Crippen LogP contribution in [0.3, 0.4) is 0 Å². The van der Waals surface area contributed by atoms with Crippen molar-refractivity contribution in [3.63, 3.8) is 0 Å². The number of hydrogen-bond donors (Lipinski definition) is 2. The summed E-state index contributed by atoms with van der Waals surface area (Å²) < 4.78 is 10.9. The van der Waals surface area contributed by atoms with Crippen molar-refractivity contribution in [1.82, 2.24) is 10.2 Å². The van der Waals surface area contributed by atoms with Crippen LogP contribution >= 0.6 is 0 Å². The van der Waals surface area contributed by atoms with Gasteiger partial charge in [0.05, 0.1) is 23.6 Å². The van der Waals surface area contributed by atoms with Gasteiger partial charge < -0.3 is 14.5 Å². The van der Waals surface area contributed by atoms with Crippen LogP contribution < -0.4 is 10.6 Å². The molecule has 31 heavy (non-hydrogen) atoms. The van der Waals surface area contributed by atoms with Gasteiger partial charge in [-0.05, 0) is 69.9 Å². The Kier molecular flexibility index (Phi) is 6.65. The number of anilines is 1. The second-order valence-electron chi connectivity index (χ2n) is 8.58. The Labute approximate surface area is 182 Å². The zero-order chi connectivity index (χ0) is 22.6. The van der Waals surface area contributed by atoms with Crippen LogP contribution in [0.4, 0.5) is 10.5 Å². The van der Waals surface area contributed by atoms with E-state index in [0.717, 1.165) is 16.5 Å². The lowest BCUT2D eigenvalue weighted by Gasteiger charge is -2.23. The highest BCUT2D eigenvalue weighted by molar-refractivity contribution is 6.07. The summed E-state index contributed by atoms with van der Waals surface area (Å²) in [7, 11) is 3.84. The van der Waals surface area contributed by atoms with Crippen LogP contribution in [-0.4, -0.2) is 43.1 Å². The van der Waals surface area contributed by atoms with Crippen LogP contribution in [0.15, 0.2) is 59.2 Å². The zero-order valence-corrected chi connectivity index (χ0v) is 18.6. The molecule has 0 bridgehead atoms. The summed E-state index contributed by atoms with van der Waals surface area (Å²) in [5.74, 6) is 0.464. The molecule has 0 spiro atoms. The number of furan rings is 1. The van der Waals surface area contributed by atoms with E-state index in [2.05, 4.69) is 10.6 Å². The van der Waals surface area contributed by atoms with Gasteiger partial charge in [0.25, 0.3) is 5.91 Å². The van der Waals surface area contributed by atoms with Crippen molar-refractivity contribution >= 4 is 28.5 Å².